The minimum Gasteiger partial charge on any atom is -0.504 e. The van der Waals surface area contributed by atoms with Crippen LogP contribution in [0.2, 0.25) is 0 Å². The summed E-state index contributed by atoms with van der Waals surface area (Å²) < 4.78 is 5.49. The molecule has 0 radical (unpaired) electrons. The number of hydrogen-bond donors (Lipinski definition) is 1. The first-order valence-corrected chi connectivity index (χ1v) is 10.8. The van der Waals surface area contributed by atoms with Gasteiger partial charge in [0.2, 0.25) is 5.91 Å². The topological polar surface area (TPSA) is 76.8 Å². The van der Waals surface area contributed by atoms with Crippen LogP contribution in [-0.4, -0.2) is 35.1 Å². The van der Waals surface area contributed by atoms with Crippen LogP contribution < -0.4 is 9.64 Å². The van der Waals surface area contributed by atoms with Gasteiger partial charge in [-0.1, -0.05) is 35.5 Å². The van der Waals surface area contributed by atoms with Crippen LogP contribution in [0.15, 0.2) is 53.1 Å². The highest BCUT2D eigenvalue weighted by Crippen LogP contribution is 2.44. The monoisotopic (exact) mass is 421 g/mol. The molecule has 6 nitrogen and oxygen atoms in total. The zero-order valence-corrected chi connectivity index (χ0v) is 17.8. The predicted octanol–water partition coefficient (Wildman–Crippen LogP) is 4.32. The number of carbonyl (C=O) groups excluding carboxylic acids is 1. The molecule has 1 fully saturated rings. The third-order valence-corrected chi connectivity index (χ3v) is 6.53. The molecule has 0 bridgehead atoms. The van der Waals surface area contributed by atoms with Crippen LogP contribution in [0.1, 0.15) is 30.4 Å². The Balaban J connectivity index is 1.65. The van der Waals surface area contributed by atoms with Crippen molar-refractivity contribution in [2.24, 2.45) is 0 Å². The summed E-state index contributed by atoms with van der Waals surface area (Å²) in [6.45, 7) is 4.74. The van der Waals surface area contributed by atoms with E-state index in [9.17, 15) is 15.2 Å². The quantitative estimate of drug-likeness (QED) is 0.792. The number of fused-ring (bicyclic) bond motifs is 1. The number of aryl methyl sites for hydroxylation is 1. The lowest BCUT2D eigenvalue weighted by atomic mass is 9.86. The fourth-order valence-corrected chi connectivity index (χ4v) is 4.95. The molecule has 2 heterocycles. The van der Waals surface area contributed by atoms with Gasteiger partial charge in [0.25, 0.3) is 0 Å². The summed E-state index contributed by atoms with van der Waals surface area (Å²) >= 11 is 1.51. The number of phenols is 1. The molecule has 2 aromatic carbocycles. The molecule has 0 unspecified atom stereocenters. The number of nitrogens with zero attached hydrogens (tertiary/aromatic N) is 3. The Labute approximate surface area is 180 Å². The highest BCUT2D eigenvalue weighted by atomic mass is 32.2. The van der Waals surface area contributed by atoms with E-state index in [-0.39, 0.29) is 24.0 Å². The lowest BCUT2D eigenvalue weighted by molar-refractivity contribution is -0.129. The molecule has 2 aromatic rings. The van der Waals surface area contributed by atoms with Crippen molar-refractivity contribution in [3.63, 3.8) is 0 Å². The predicted molar refractivity (Wildman–Crippen MR) is 117 cm³/mol. The molecule has 154 valence electrons. The second kappa shape index (κ2) is 8.33. The van der Waals surface area contributed by atoms with Crippen molar-refractivity contribution in [2.75, 3.05) is 24.1 Å². The average Bonchev–Trinajstić information content (AvgIpc) is 2.76. The van der Waals surface area contributed by atoms with Gasteiger partial charge in [0, 0.05) is 18.0 Å². The number of benzene rings is 2. The first-order valence-electron chi connectivity index (χ1n) is 9.86. The summed E-state index contributed by atoms with van der Waals surface area (Å²) in [6, 6.07) is 15.6. The van der Waals surface area contributed by atoms with E-state index in [2.05, 4.69) is 35.2 Å². The largest absolute Gasteiger partial charge is 0.504 e. The molecule has 1 amide bonds. The summed E-state index contributed by atoms with van der Waals surface area (Å²) in [5.41, 5.74) is 3.64. The number of rotatable bonds is 4. The van der Waals surface area contributed by atoms with Crippen molar-refractivity contribution in [1.29, 1.82) is 5.26 Å². The number of anilines is 1. The second-order valence-corrected chi connectivity index (χ2v) is 8.29. The van der Waals surface area contributed by atoms with Crippen molar-refractivity contribution in [3.8, 4) is 17.6 Å². The van der Waals surface area contributed by atoms with Crippen LogP contribution in [0, 0.1) is 18.3 Å². The van der Waals surface area contributed by atoms with Gasteiger partial charge in [-0.05, 0) is 43.7 Å². The molecule has 1 atom stereocenters. The number of allylic oxidation sites excluding steroid dienone is 1. The summed E-state index contributed by atoms with van der Waals surface area (Å²) in [7, 11) is 0. The van der Waals surface area contributed by atoms with E-state index < -0.39 is 0 Å². The fourth-order valence-electron chi connectivity index (χ4n) is 3.78. The van der Waals surface area contributed by atoms with Crippen LogP contribution in [-0.2, 0) is 4.79 Å². The zero-order chi connectivity index (χ0) is 21.3. The second-order valence-electron chi connectivity index (χ2n) is 7.36. The van der Waals surface area contributed by atoms with Crippen LogP contribution >= 0.6 is 11.8 Å². The van der Waals surface area contributed by atoms with Gasteiger partial charge in [0.1, 0.15) is 0 Å². The lowest BCUT2D eigenvalue weighted by Gasteiger charge is -2.42. The lowest BCUT2D eigenvalue weighted by Crippen LogP contribution is -2.47. The number of hydrogen-bond acceptors (Lipinski definition) is 6. The number of nitriles is 1. The van der Waals surface area contributed by atoms with Crippen LogP contribution in [0.5, 0.6) is 11.5 Å². The number of thioether (sulfide) groups is 1. The van der Waals surface area contributed by atoms with Gasteiger partial charge >= 0.3 is 0 Å². The van der Waals surface area contributed by atoms with Crippen LogP contribution in [0.4, 0.5) is 5.69 Å². The maximum Gasteiger partial charge on any atom is 0.229 e. The Morgan fingerprint density at radius 3 is 2.73 bits per heavy atom. The van der Waals surface area contributed by atoms with Crippen molar-refractivity contribution < 1.29 is 14.6 Å². The third kappa shape index (κ3) is 3.71. The number of aromatic hydroxyl groups is 1. The van der Waals surface area contributed by atoms with Gasteiger partial charge in [-0.25, -0.2) is 0 Å². The molecule has 4 rings (SSSR count). The van der Waals surface area contributed by atoms with Gasteiger partial charge in [-0.2, -0.15) is 5.26 Å². The average molecular weight is 422 g/mol. The van der Waals surface area contributed by atoms with E-state index in [1.54, 1.807) is 23.1 Å². The van der Waals surface area contributed by atoms with Crippen molar-refractivity contribution in [3.05, 3.63) is 64.2 Å². The van der Waals surface area contributed by atoms with E-state index >= 15 is 0 Å². The third-order valence-electron chi connectivity index (χ3n) is 5.38. The molecule has 7 heteroatoms. The maximum absolute atomic E-state index is 13.0. The Bertz CT molecular complexity index is 1040. The Hall–Kier alpha value is -3.11. The molecule has 0 spiro atoms. The van der Waals surface area contributed by atoms with Crippen molar-refractivity contribution in [1.82, 2.24) is 4.90 Å². The summed E-state index contributed by atoms with van der Waals surface area (Å²) in [5.74, 6) is 0.737. The van der Waals surface area contributed by atoms with E-state index in [1.165, 1.54) is 17.3 Å². The molecule has 0 aromatic heterocycles. The van der Waals surface area contributed by atoms with Gasteiger partial charge in [0.05, 0.1) is 35.8 Å². The van der Waals surface area contributed by atoms with Crippen molar-refractivity contribution >= 4 is 23.4 Å². The Morgan fingerprint density at radius 1 is 1.27 bits per heavy atom. The maximum atomic E-state index is 13.0. The van der Waals surface area contributed by atoms with Gasteiger partial charge in [-0.15, -0.1) is 0 Å². The van der Waals surface area contributed by atoms with E-state index in [0.29, 0.717) is 30.5 Å². The van der Waals surface area contributed by atoms with Crippen LogP contribution in [0.25, 0.3) is 0 Å². The highest BCUT2D eigenvalue weighted by molar-refractivity contribution is 8.03. The van der Waals surface area contributed by atoms with Gasteiger partial charge in [0.15, 0.2) is 11.5 Å². The highest BCUT2D eigenvalue weighted by Gasteiger charge is 2.38. The molecule has 0 aliphatic carbocycles. The van der Waals surface area contributed by atoms with E-state index in [4.69, 9.17) is 4.74 Å². The number of carbonyl (C=O) groups is 1. The molecule has 30 heavy (non-hydrogen) atoms. The minimum atomic E-state index is -0.341. The minimum absolute atomic E-state index is 0.00986. The molecule has 1 N–H and O–H groups in total. The normalized spacial score (nSPS) is 18.8. The van der Waals surface area contributed by atoms with Gasteiger partial charge in [-0.3, -0.25) is 9.69 Å². The van der Waals surface area contributed by atoms with E-state index in [0.717, 1.165) is 16.3 Å². The number of phenolic OH excluding ortho intramolecular Hbond substituents is 1. The molecular weight excluding hydrogens is 398 g/mol. The fraction of sp³-hybridized carbons (Fsp3) is 0.304. The van der Waals surface area contributed by atoms with E-state index in [1.807, 2.05) is 13.8 Å². The molecule has 2 aliphatic heterocycles. The smallest absolute Gasteiger partial charge is 0.229 e. The van der Waals surface area contributed by atoms with Gasteiger partial charge < -0.3 is 14.7 Å². The van der Waals surface area contributed by atoms with Crippen molar-refractivity contribution in [2.45, 2.75) is 26.2 Å². The molecular formula is C23H23N3O3S. The Morgan fingerprint density at radius 2 is 2.03 bits per heavy atom. The molecule has 1 saturated heterocycles. The number of ether oxygens (including phenoxy) is 1. The Kier molecular flexibility index (Phi) is 5.60. The molecule has 2 aliphatic rings. The summed E-state index contributed by atoms with van der Waals surface area (Å²) in [4.78, 5) is 16.9. The SMILES string of the molecule is CCOc1cc([C@H]2CC(=O)N3CN(c4ccc(C)cc4)CSC3=C2C#N)ccc1O. The summed E-state index contributed by atoms with van der Waals surface area (Å²) in [6.07, 6.45) is 0.213. The van der Waals surface area contributed by atoms with Crippen LogP contribution in [0.3, 0.4) is 0 Å². The number of amides is 1. The first-order chi connectivity index (χ1) is 14.5. The standard InChI is InChI=1S/C23H23N3O3S/c1-3-29-21-10-16(6-9-20(21)27)18-11-22(28)26-13-25(14-30-23(26)19(18)12-24)17-7-4-15(2)5-8-17/h4-10,18,27H,3,11,13-14H2,1-2H3/t18-/m1/s1. The zero-order valence-electron chi connectivity index (χ0n) is 17.0. The molecule has 0 saturated carbocycles. The summed E-state index contributed by atoms with van der Waals surface area (Å²) in [5, 5.41) is 20.7. The first kappa shape index (κ1) is 20.2.